The van der Waals surface area contributed by atoms with E-state index in [0.29, 0.717) is 11.3 Å². The highest BCUT2D eigenvalue weighted by Gasteiger charge is 2.47. The third-order valence-electron chi connectivity index (χ3n) is 7.29. The van der Waals surface area contributed by atoms with Crippen LogP contribution < -0.4 is 5.32 Å². The van der Waals surface area contributed by atoms with Gasteiger partial charge in [-0.15, -0.1) is 21.5 Å². The molecule has 2 fully saturated rings. The third kappa shape index (κ3) is 2.99. The molecule has 5 nitrogen and oxygen atoms in total. The van der Waals surface area contributed by atoms with E-state index in [2.05, 4.69) is 77.0 Å². The first kappa shape index (κ1) is 19.9. The molecule has 0 amide bonds. The Balaban J connectivity index is 1.33. The zero-order valence-corrected chi connectivity index (χ0v) is 19.8. The Kier molecular flexibility index (Phi) is 4.43. The van der Waals surface area contributed by atoms with Gasteiger partial charge < -0.3 is 5.32 Å². The smallest absolute Gasteiger partial charge is 0.162 e. The van der Waals surface area contributed by atoms with Crippen LogP contribution in [0.4, 0.5) is 0 Å². The molecule has 0 radical (unpaired) electrons. The summed E-state index contributed by atoms with van der Waals surface area (Å²) in [7, 11) is 0. The predicted octanol–water partition coefficient (Wildman–Crippen LogP) is 4.52. The second-order valence-electron chi connectivity index (χ2n) is 9.61. The van der Waals surface area contributed by atoms with Crippen LogP contribution in [-0.2, 0) is 0 Å². The molecule has 32 heavy (non-hydrogen) atoms. The van der Waals surface area contributed by atoms with Gasteiger partial charge in [0.1, 0.15) is 16.9 Å². The summed E-state index contributed by atoms with van der Waals surface area (Å²) in [6, 6.07) is 8.56. The molecular weight excluding hydrogens is 414 g/mol. The maximum Gasteiger partial charge on any atom is 0.162 e. The van der Waals surface area contributed by atoms with Gasteiger partial charge >= 0.3 is 0 Å². The van der Waals surface area contributed by atoms with Crippen molar-refractivity contribution < 1.29 is 0 Å². The molecule has 2 aromatic heterocycles. The fourth-order valence-corrected chi connectivity index (χ4v) is 6.45. The number of benzene rings is 1. The molecule has 162 valence electrons. The highest BCUT2D eigenvalue weighted by Crippen LogP contribution is 2.48. The highest BCUT2D eigenvalue weighted by molar-refractivity contribution is 7.15. The standard InChI is InChI=1S/C26H27N5S/c1-15-17(3)32-25-22(15)23(28-16(2)24-30-29-18(4)31(24)25)21-9-7-19(8-10-21)5-6-20-11-26(12-20)13-27-14-26/h7-10,16,20,27H,11-14H2,1-4H3. The van der Waals surface area contributed by atoms with Gasteiger partial charge in [0.25, 0.3) is 0 Å². The van der Waals surface area contributed by atoms with E-state index in [0.717, 1.165) is 28.5 Å². The SMILES string of the molecule is Cc1sc2c(c1C)C(c1ccc(C#CC3CC4(CNC4)C3)cc1)=NC(C)c1nnc(C)n1-2. The van der Waals surface area contributed by atoms with Gasteiger partial charge in [-0.2, -0.15) is 0 Å². The van der Waals surface area contributed by atoms with Crippen molar-refractivity contribution in [3.63, 3.8) is 0 Å². The van der Waals surface area contributed by atoms with Crippen LogP contribution in [0.3, 0.4) is 0 Å². The molecule has 4 heterocycles. The van der Waals surface area contributed by atoms with Gasteiger partial charge in [-0.25, -0.2) is 0 Å². The lowest BCUT2D eigenvalue weighted by Gasteiger charge is -2.53. The number of hydrogen-bond donors (Lipinski definition) is 1. The number of aliphatic imine (C=N–C) groups is 1. The molecule has 1 unspecified atom stereocenters. The summed E-state index contributed by atoms with van der Waals surface area (Å²) in [6.07, 6.45) is 2.50. The molecule has 1 spiro atoms. The average Bonchev–Trinajstić information content (AvgIpc) is 3.20. The Morgan fingerprint density at radius 3 is 2.53 bits per heavy atom. The predicted molar refractivity (Wildman–Crippen MR) is 129 cm³/mol. The van der Waals surface area contributed by atoms with Crippen molar-refractivity contribution in [3.8, 4) is 16.8 Å². The summed E-state index contributed by atoms with van der Waals surface area (Å²) in [5.41, 5.74) is 6.31. The number of thiophene rings is 1. The minimum atomic E-state index is -0.0584. The van der Waals surface area contributed by atoms with E-state index >= 15 is 0 Å². The quantitative estimate of drug-likeness (QED) is 0.565. The number of aromatic nitrogens is 3. The Morgan fingerprint density at radius 2 is 1.84 bits per heavy atom. The molecule has 1 saturated carbocycles. The zero-order chi connectivity index (χ0) is 22.0. The second kappa shape index (κ2) is 7.13. The van der Waals surface area contributed by atoms with Crippen LogP contribution in [-0.4, -0.2) is 33.6 Å². The van der Waals surface area contributed by atoms with Gasteiger partial charge in [-0.3, -0.25) is 9.56 Å². The molecular formula is C26H27N5S. The van der Waals surface area contributed by atoms with E-state index in [1.165, 1.54) is 46.9 Å². The van der Waals surface area contributed by atoms with Gasteiger partial charge in [0.05, 0.1) is 5.71 Å². The van der Waals surface area contributed by atoms with Crippen molar-refractivity contribution in [1.82, 2.24) is 20.1 Å². The maximum atomic E-state index is 5.13. The average molecular weight is 442 g/mol. The Morgan fingerprint density at radius 1 is 1.09 bits per heavy atom. The number of nitrogens with zero attached hydrogens (tertiary/aromatic N) is 4. The molecule has 3 aromatic rings. The summed E-state index contributed by atoms with van der Waals surface area (Å²) in [5.74, 6) is 9.27. The number of fused-ring (bicyclic) bond motifs is 3. The number of aryl methyl sites for hydroxylation is 2. The first-order chi connectivity index (χ1) is 15.4. The normalized spacial score (nSPS) is 20.9. The van der Waals surface area contributed by atoms with Crippen LogP contribution in [0, 0.1) is 43.9 Å². The van der Waals surface area contributed by atoms with Gasteiger partial charge in [-0.05, 0) is 63.6 Å². The molecule has 0 bridgehead atoms. The van der Waals surface area contributed by atoms with E-state index in [9.17, 15) is 0 Å². The van der Waals surface area contributed by atoms with E-state index in [4.69, 9.17) is 4.99 Å². The monoisotopic (exact) mass is 441 g/mol. The van der Waals surface area contributed by atoms with Crippen molar-refractivity contribution in [2.75, 3.05) is 13.1 Å². The first-order valence-corrected chi connectivity index (χ1v) is 12.2. The van der Waals surface area contributed by atoms with Gasteiger partial charge in [0.15, 0.2) is 5.82 Å². The van der Waals surface area contributed by atoms with Crippen LogP contribution in [0.15, 0.2) is 29.3 Å². The van der Waals surface area contributed by atoms with Crippen LogP contribution in [0.1, 0.15) is 64.6 Å². The van der Waals surface area contributed by atoms with Gasteiger partial charge in [0.2, 0.25) is 0 Å². The Hall–Kier alpha value is -2.75. The zero-order valence-electron chi connectivity index (χ0n) is 19.0. The van der Waals surface area contributed by atoms with E-state index in [1.54, 1.807) is 11.3 Å². The molecule has 1 aliphatic carbocycles. The number of nitrogens with one attached hydrogen (secondary N) is 1. The van der Waals surface area contributed by atoms with Crippen molar-refractivity contribution in [2.24, 2.45) is 16.3 Å². The van der Waals surface area contributed by atoms with E-state index < -0.39 is 0 Å². The minimum Gasteiger partial charge on any atom is -0.316 e. The van der Waals surface area contributed by atoms with Crippen molar-refractivity contribution in [1.29, 1.82) is 0 Å². The lowest BCUT2D eigenvalue weighted by Crippen LogP contribution is -2.59. The highest BCUT2D eigenvalue weighted by atomic mass is 32.1. The lowest BCUT2D eigenvalue weighted by molar-refractivity contribution is 0.0266. The molecule has 1 saturated heterocycles. The van der Waals surface area contributed by atoms with Crippen LogP contribution in [0.5, 0.6) is 0 Å². The third-order valence-corrected chi connectivity index (χ3v) is 8.48. The summed E-state index contributed by atoms with van der Waals surface area (Å²) in [5, 5.41) is 13.3. The molecule has 1 atom stereocenters. The Bertz CT molecular complexity index is 1300. The minimum absolute atomic E-state index is 0.0584. The van der Waals surface area contributed by atoms with Crippen LogP contribution in [0.25, 0.3) is 5.00 Å². The summed E-state index contributed by atoms with van der Waals surface area (Å²) in [4.78, 5) is 6.44. The van der Waals surface area contributed by atoms with Crippen molar-refractivity contribution in [3.05, 3.63) is 63.0 Å². The van der Waals surface area contributed by atoms with Crippen LogP contribution >= 0.6 is 11.3 Å². The fourth-order valence-electron chi connectivity index (χ4n) is 5.23. The summed E-state index contributed by atoms with van der Waals surface area (Å²) in [6.45, 7) is 10.8. The van der Waals surface area contributed by atoms with Crippen molar-refractivity contribution in [2.45, 2.75) is 46.6 Å². The molecule has 6 rings (SSSR count). The first-order valence-electron chi connectivity index (χ1n) is 11.4. The molecule has 1 aromatic carbocycles. The molecule has 6 heteroatoms. The fraction of sp³-hybridized carbons (Fsp3) is 0.423. The lowest BCUT2D eigenvalue weighted by atomic mass is 9.59. The van der Waals surface area contributed by atoms with Gasteiger partial charge in [-0.1, -0.05) is 24.0 Å². The van der Waals surface area contributed by atoms with Crippen LogP contribution in [0.2, 0.25) is 0 Å². The second-order valence-corrected chi connectivity index (χ2v) is 10.8. The van der Waals surface area contributed by atoms with Crippen molar-refractivity contribution >= 4 is 17.0 Å². The molecule has 3 aliphatic rings. The maximum absolute atomic E-state index is 5.13. The number of rotatable bonds is 1. The Labute approximate surface area is 193 Å². The summed E-state index contributed by atoms with van der Waals surface area (Å²) >= 11 is 1.80. The van der Waals surface area contributed by atoms with Gasteiger partial charge in [0, 0.05) is 40.6 Å². The largest absolute Gasteiger partial charge is 0.316 e. The topological polar surface area (TPSA) is 55.1 Å². The van der Waals surface area contributed by atoms with E-state index in [1.807, 2.05) is 6.92 Å². The molecule has 1 N–H and O–H groups in total. The van der Waals surface area contributed by atoms with E-state index in [-0.39, 0.29) is 6.04 Å². The molecule has 2 aliphatic heterocycles. The summed E-state index contributed by atoms with van der Waals surface area (Å²) < 4.78 is 2.18. The number of hydrogen-bond acceptors (Lipinski definition) is 5.